The Balaban J connectivity index is 2.60. The van der Waals surface area contributed by atoms with E-state index in [4.69, 9.17) is 14.6 Å². The van der Waals surface area contributed by atoms with Crippen molar-refractivity contribution in [3.63, 3.8) is 0 Å². The number of carboxylic acid groups (broad SMARTS) is 1. The number of carboxylic acids is 1. The third-order valence-corrected chi connectivity index (χ3v) is 2.60. The second-order valence-electron chi connectivity index (χ2n) is 3.54. The molecule has 1 saturated heterocycles. The molecule has 1 heterocycles. The van der Waals surface area contributed by atoms with Crippen molar-refractivity contribution < 1.29 is 24.2 Å². The predicted octanol–water partition coefficient (Wildman–Crippen LogP) is 0.485. The van der Waals surface area contributed by atoms with E-state index in [1.165, 1.54) is 18.1 Å². The van der Waals surface area contributed by atoms with Gasteiger partial charge in [0.25, 0.3) is 0 Å². The van der Waals surface area contributed by atoms with E-state index in [0.29, 0.717) is 6.54 Å². The number of carbonyl (C=O) groups excluding carboxylic acids is 1. The average Bonchev–Trinajstić information content (AvgIpc) is 2.71. The Labute approximate surface area is 93.4 Å². The number of aliphatic carboxylic acids is 1. The second-order valence-corrected chi connectivity index (χ2v) is 3.54. The third-order valence-electron chi connectivity index (χ3n) is 2.60. The summed E-state index contributed by atoms with van der Waals surface area (Å²) in [5.41, 5.74) is -1.30. The maximum Gasteiger partial charge on any atom is 0.410 e. The number of carbonyl (C=O) groups is 2. The van der Waals surface area contributed by atoms with Gasteiger partial charge in [-0.15, -0.1) is 0 Å². The summed E-state index contributed by atoms with van der Waals surface area (Å²) in [6.07, 6.45) is 1.18. The summed E-state index contributed by atoms with van der Waals surface area (Å²) in [5, 5.41) is 9.02. The van der Waals surface area contributed by atoms with Crippen molar-refractivity contribution in [2.24, 2.45) is 0 Å². The van der Waals surface area contributed by atoms with E-state index >= 15 is 0 Å². The quantitative estimate of drug-likeness (QED) is 0.710. The lowest BCUT2D eigenvalue weighted by molar-refractivity contribution is -0.160. The number of hydrogen-bond donors (Lipinski definition) is 1. The molecule has 1 atom stereocenters. The van der Waals surface area contributed by atoms with Gasteiger partial charge in [0.1, 0.15) is 6.61 Å². The van der Waals surface area contributed by atoms with Crippen LogP contribution in [-0.4, -0.2) is 54.5 Å². The van der Waals surface area contributed by atoms with Gasteiger partial charge < -0.3 is 19.5 Å². The van der Waals surface area contributed by atoms with Crippen LogP contribution in [0.5, 0.6) is 0 Å². The van der Waals surface area contributed by atoms with Gasteiger partial charge in [-0.1, -0.05) is 12.7 Å². The summed E-state index contributed by atoms with van der Waals surface area (Å²) >= 11 is 0. The maximum absolute atomic E-state index is 11.4. The first-order valence-corrected chi connectivity index (χ1v) is 4.87. The Bertz CT molecular complexity index is 304. The second kappa shape index (κ2) is 4.98. The maximum atomic E-state index is 11.4. The highest BCUT2D eigenvalue weighted by Crippen LogP contribution is 2.25. The van der Waals surface area contributed by atoms with Crippen molar-refractivity contribution in [2.75, 3.05) is 26.8 Å². The summed E-state index contributed by atoms with van der Waals surface area (Å²) in [5.74, 6) is -1.06. The van der Waals surface area contributed by atoms with Gasteiger partial charge in [-0.3, -0.25) is 0 Å². The van der Waals surface area contributed by atoms with E-state index in [1.807, 2.05) is 0 Å². The Morgan fingerprint density at radius 3 is 2.75 bits per heavy atom. The molecule has 0 aliphatic carbocycles. The fourth-order valence-corrected chi connectivity index (χ4v) is 1.59. The molecule has 0 aromatic heterocycles. The van der Waals surface area contributed by atoms with Crippen molar-refractivity contribution in [2.45, 2.75) is 12.0 Å². The van der Waals surface area contributed by atoms with Gasteiger partial charge in [-0.2, -0.15) is 0 Å². The van der Waals surface area contributed by atoms with Crippen LogP contribution in [0.4, 0.5) is 4.79 Å². The molecule has 1 aliphatic rings. The highest BCUT2D eigenvalue weighted by atomic mass is 16.6. The molecule has 0 bridgehead atoms. The molecule has 1 unspecified atom stereocenters. The number of nitrogens with zero attached hydrogens (tertiary/aromatic N) is 1. The number of methoxy groups -OCH3 is 1. The van der Waals surface area contributed by atoms with Crippen molar-refractivity contribution >= 4 is 12.1 Å². The van der Waals surface area contributed by atoms with Crippen molar-refractivity contribution in [1.82, 2.24) is 4.90 Å². The monoisotopic (exact) mass is 229 g/mol. The first kappa shape index (κ1) is 12.5. The van der Waals surface area contributed by atoms with Crippen LogP contribution in [0.3, 0.4) is 0 Å². The van der Waals surface area contributed by atoms with E-state index in [9.17, 15) is 9.59 Å². The van der Waals surface area contributed by atoms with Gasteiger partial charge in [-0.05, 0) is 0 Å². The highest BCUT2D eigenvalue weighted by molar-refractivity contribution is 5.80. The lowest BCUT2D eigenvalue weighted by Gasteiger charge is -2.22. The Morgan fingerprint density at radius 1 is 1.62 bits per heavy atom. The van der Waals surface area contributed by atoms with Crippen LogP contribution in [-0.2, 0) is 14.3 Å². The molecular formula is C10H15NO5. The summed E-state index contributed by atoms with van der Waals surface area (Å²) in [6, 6.07) is 0. The predicted molar refractivity (Wildman–Crippen MR) is 55.1 cm³/mol. The van der Waals surface area contributed by atoms with E-state index in [0.717, 1.165) is 0 Å². The number of ether oxygens (including phenoxy) is 2. The van der Waals surface area contributed by atoms with Crippen LogP contribution in [0.1, 0.15) is 6.42 Å². The van der Waals surface area contributed by atoms with Crippen LogP contribution in [0, 0.1) is 0 Å². The molecule has 90 valence electrons. The van der Waals surface area contributed by atoms with Crippen LogP contribution < -0.4 is 0 Å². The minimum atomic E-state index is -1.30. The number of rotatable bonds is 4. The van der Waals surface area contributed by atoms with Crippen LogP contribution >= 0.6 is 0 Å². The van der Waals surface area contributed by atoms with Crippen LogP contribution in [0.2, 0.25) is 0 Å². The van der Waals surface area contributed by atoms with E-state index in [2.05, 4.69) is 6.58 Å². The summed E-state index contributed by atoms with van der Waals surface area (Å²) in [6.45, 7) is 3.86. The van der Waals surface area contributed by atoms with E-state index in [-0.39, 0.29) is 19.6 Å². The van der Waals surface area contributed by atoms with Gasteiger partial charge >= 0.3 is 12.1 Å². The molecule has 1 amide bonds. The van der Waals surface area contributed by atoms with Crippen molar-refractivity contribution in [1.29, 1.82) is 0 Å². The Hall–Kier alpha value is -1.56. The molecular weight excluding hydrogens is 214 g/mol. The summed E-state index contributed by atoms with van der Waals surface area (Å²) in [7, 11) is 1.33. The standard InChI is InChI=1S/C10H15NO5/c1-3-6-16-9(14)11-5-4-10(7-11,15-2)8(12)13/h3H,1,4-7H2,2H3,(H,12,13). The molecule has 0 spiro atoms. The summed E-state index contributed by atoms with van der Waals surface area (Å²) in [4.78, 5) is 23.8. The molecule has 16 heavy (non-hydrogen) atoms. The minimum Gasteiger partial charge on any atom is -0.479 e. The van der Waals surface area contributed by atoms with Crippen molar-refractivity contribution in [3.05, 3.63) is 12.7 Å². The van der Waals surface area contributed by atoms with Crippen LogP contribution in [0.15, 0.2) is 12.7 Å². The van der Waals surface area contributed by atoms with Gasteiger partial charge in [0.2, 0.25) is 0 Å². The Morgan fingerprint density at radius 2 is 2.31 bits per heavy atom. The smallest absolute Gasteiger partial charge is 0.410 e. The highest BCUT2D eigenvalue weighted by Gasteiger charge is 2.47. The van der Waals surface area contributed by atoms with Crippen LogP contribution in [0.25, 0.3) is 0 Å². The first-order valence-electron chi connectivity index (χ1n) is 4.87. The zero-order chi connectivity index (χ0) is 12.2. The molecule has 6 nitrogen and oxygen atoms in total. The zero-order valence-corrected chi connectivity index (χ0v) is 9.14. The molecule has 0 saturated carbocycles. The average molecular weight is 229 g/mol. The molecule has 0 radical (unpaired) electrons. The van der Waals surface area contributed by atoms with Gasteiger partial charge in [-0.25, -0.2) is 9.59 Å². The normalized spacial score (nSPS) is 24.2. The van der Waals surface area contributed by atoms with Gasteiger partial charge in [0.05, 0.1) is 6.54 Å². The number of amides is 1. The molecule has 0 aromatic rings. The lowest BCUT2D eigenvalue weighted by atomic mass is 10.0. The van der Waals surface area contributed by atoms with Gasteiger partial charge in [0, 0.05) is 20.1 Å². The van der Waals surface area contributed by atoms with E-state index in [1.54, 1.807) is 0 Å². The zero-order valence-electron chi connectivity index (χ0n) is 9.14. The fourth-order valence-electron chi connectivity index (χ4n) is 1.59. The lowest BCUT2D eigenvalue weighted by Crippen LogP contribution is -2.44. The van der Waals surface area contributed by atoms with E-state index < -0.39 is 17.7 Å². The Kier molecular flexibility index (Phi) is 3.89. The molecule has 0 aromatic carbocycles. The molecule has 1 fully saturated rings. The number of likely N-dealkylation sites (tertiary alicyclic amines) is 1. The first-order chi connectivity index (χ1) is 7.55. The number of hydrogen-bond acceptors (Lipinski definition) is 4. The molecule has 1 N–H and O–H groups in total. The van der Waals surface area contributed by atoms with Crippen molar-refractivity contribution in [3.8, 4) is 0 Å². The van der Waals surface area contributed by atoms with Gasteiger partial charge in [0.15, 0.2) is 5.60 Å². The largest absolute Gasteiger partial charge is 0.479 e. The SMILES string of the molecule is C=CCOC(=O)N1CCC(OC)(C(=O)O)C1. The molecule has 1 aliphatic heterocycles. The molecule has 1 rings (SSSR count). The minimum absolute atomic E-state index is 0.00874. The summed E-state index contributed by atoms with van der Waals surface area (Å²) < 4.78 is 9.79. The topological polar surface area (TPSA) is 76.1 Å². The third kappa shape index (κ3) is 2.33. The fraction of sp³-hybridized carbons (Fsp3) is 0.600. The molecule has 6 heteroatoms.